The Hall–Kier alpha value is -2.20. The maximum absolute atomic E-state index is 4.61. The van der Waals surface area contributed by atoms with E-state index in [4.69, 9.17) is 0 Å². The van der Waals surface area contributed by atoms with Gasteiger partial charge in [-0.1, -0.05) is 36.4 Å². The molecule has 2 aromatic heterocycles. The molecule has 0 aliphatic carbocycles. The van der Waals surface area contributed by atoms with Crippen LogP contribution in [0.15, 0.2) is 65.8 Å². The first kappa shape index (κ1) is 13.8. The van der Waals surface area contributed by atoms with Gasteiger partial charge in [0, 0.05) is 17.6 Å². The molecule has 0 bridgehead atoms. The second-order valence-corrected chi connectivity index (χ2v) is 5.66. The molecular formula is C17H15N3S. The molecule has 3 nitrogen and oxygen atoms in total. The summed E-state index contributed by atoms with van der Waals surface area (Å²) in [5.41, 5.74) is 3.06. The van der Waals surface area contributed by atoms with E-state index in [0.29, 0.717) is 5.82 Å². The standard InChI is InChI=1S/C17H15N3S/c1-13-11-16(21-12-14-7-3-2-4-8-14)20-17(19-13)15-9-5-6-10-18-15/h2-11H,12H2,1H3. The van der Waals surface area contributed by atoms with Crippen molar-refractivity contribution in [2.45, 2.75) is 17.7 Å². The van der Waals surface area contributed by atoms with Gasteiger partial charge < -0.3 is 0 Å². The molecule has 0 aliphatic heterocycles. The number of aryl methyl sites for hydroxylation is 1. The van der Waals surface area contributed by atoms with E-state index in [1.54, 1.807) is 18.0 Å². The normalized spacial score (nSPS) is 10.5. The molecule has 3 aromatic rings. The largest absolute Gasteiger partial charge is 0.253 e. The summed E-state index contributed by atoms with van der Waals surface area (Å²) in [7, 11) is 0. The Balaban J connectivity index is 1.82. The number of hydrogen-bond acceptors (Lipinski definition) is 4. The average Bonchev–Trinajstić information content (AvgIpc) is 2.54. The van der Waals surface area contributed by atoms with Gasteiger partial charge in [-0.15, -0.1) is 11.8 Å². The lowest BCUT2D eigenvalue weighted by Gasteiger charge is -2.05. The summed E-state index contributed by atoms with van der Waals surface area (Å²) in [5, 5.41) is 0.979. The summed E-state index contributed by atoms with van der Waals surface area (Å²) in [6.07, 6.45) is 1.76. The molecule has 3 rings (SSSR count). The van der Waals surface area contributed by atoms with Crippen molar-refractivity contribution in [3.05, 3.63) is 72.1 Å². The lowest BCUT2D eigenvalue weighted by molar-refractivity contribution is 1.00. The molecule has 1 aromatic carbocycles. The van der Waals surface area contributed by atoms with E-state index >= 15 is 0 Å². The van der Waals surface area contributed by atoms with Crippen LogP contribution in [-0.2, 0) is 5.75 Å². The number of hydrogen-bond donors (Lipinski definition) is 0. The molecule has 0 N–H and O–H groups in total. The van der Waals surface area contributed by atoms with Crippen LogP contribution >= 0.6 is 11.8 Å². The summed E-state index contributed by atoms with van der Waals surface area (Å²) >= 11 is 1.72. The van der Waals surface area contributed by atoms with Crippen LogP contribution in [0.4, 0.5) is 0 Å². The van der Waals surface area contributed by atoms with Gasteiger partial charge in [0.25, 0.3) is 0 Å². The Kier molecular flexibility index (Phi) is 4.26. The number of benzene rings is 1. The lowest BCUT2D eigenvalue weighted by Crippen LogP contribution is -1.95. The van der Waals surface area contributed by atoms with Crippen LogP contribution in [0, 0.1) is 6.92 Å². The third-order valence-corrected chi connectivity index (χ3v) is 3.94. The van der Waals surface area contributed by atoms with E-state index in [1.807, 2.05) is 37.3 Å². The maximum Gasteiger partial charge on any atom is 0.179 e. The van der Waals surface area contributed by atoms with Crippen LogP contribution in [0.25, 0.3) is 11.5 Å². The van der Waals surface area contributed by atoms with Crippen LogP contribution in [0.1, 0.15) is 11.3 Å². The zero-order valence-corrected chi connectivity index (χ0v) is 12.5. The summed E-state index contributed by atoms with van der Waals surface area (Å²) in [6, 6.07) is 18.2. The minimum atomic E-state index is 0.686. The molecule has 2 heterocycles. The van der Waals surface area contributed by atoms with Gasteiger partial charge >= 0.3 is 0 Å². The van der Waals surface area contributed by atoms with Gasteiger partial charge in [0.15, 0.2) is 5.82 Å². The molecule has 0 radical (unpaired) electrons. The number of aromatic nitrogens is 3. The molecular weight excluding hydrogens is 278 g/mol. The quantitative estimate of drug-likeness (QED) is 0.535. The highest BCUT2D eigenvalue weighted by atomic mass is 32.2. The zero-order valence-electron chi connectivity index (χ0n) is 11.7. The van der Waals surface area contributed by atoms with E-state index in [-0.39, 0.29) is 0 Å². The van der Waals surface area contributed by atoms with Gasteiger partial charge in [0.05, 0.1) is 0 Å². The van der Waals surface area contributed by atoms with Crippen molar-refractivity contribution in [1.29, 1.82) is 0 Å². The Bertz CT molecular complexity index is 715. The van der Waals surface area contributed by atoms with Crippen molar-refractivity contribution < 1.29 is 0 Å². The highest BCUT2D eigenvalue weighted by Gasteiger charge is 2.06. The molecule has 104 valence electrons. The molecule has 0 amide bonds. The second kappa shape index (κ2) is 6.50. The van der Waals surface area contributed by atoms with Crippen LogP contribution in [-0.4, -0.2) is 15.0 Å². The van der Waals surface area contributed by atoms with Crippen LogP contribution in [0.2, 0.25) is 0 Å². The van der Waals surface area contributed by atoms with Gasteiger partial charge in [0.2, 0.25) is 0 Å². The monoisotopic (exact) mass is 293 g/mol. The maximum atomic E-state index is 4.61. The second-order valence-electron chi connectivity index (χ2n) is 4.66. The van der Waals surface area contributed by atoms with Crippen molar-refractivity contribution in [2.24, 2.45) is 0 Å². The third-order valence-electron chi connectivity index (χ3n) is 2.95. The summed E-state index contributed by atoms with van der Waals surface area (Å²) in [5.74, 6) is 1.59. The topological polar surface area (TPSA) is 38.7 Å². The van der Waals surface area contributed by atoms with Crippen LogP contribution < -0.4 is 0 Å². The molecule has 4 heteroatoms. The number of rotatable bonds is 4. The van der Waals surface area contributed by atoms with Crippen molar-refractivity contribution in [2.75, 3.05) is 0 Å². The first-order valence-electron chi connectivity index (χ1n) is 6.75. The van der Waals surface area contributed by atoms with Crippen molar-refractivity contribution >= 4 is 11.8 Å². The summed E-state index contributed by atoms with van der Waals surface area (Å²) in [4.78, 5) is 13.4. The lowest BCUT2D eigenvalue weighted by atomic mass is 10.2. The highest BCUT2D eigenvalue weighted by Crippen LogP contribution is 2.23. The molecule has 0 aliphatic rings. The van der Waals surface area contributed by atoms with E-state index in [2.05, 4.69) is 39.2 Å². The van der Waals surface area contributed by atoms with E-state index in [1.165, 1.54) is 5.56 Å². The van der Waals surface area contributed by atoms with Gasteiger partial charge in [-0.25, -0.2) is 9.97 Å². The predicted octanol–water partition coefficient (Wildman–Crippen LogP) is 4.14. The fraction of sp³-hybridized carbons (Fsp3) is 0.118. The average molecular weight is 293 g/mol. The molecule has 0 spiro atoms. The van der Waals surface area contributed by atoms with Crippen LogP contribution in [0.3, 0.4) is 0 Å². The molecule has 0 saturated heterocycles. The molecule has 0 atom stereocenters. The van der Waals surface area contributed by atoms with Crippen molar-refractivity contribution in [3.63, 3.8) is 0 Å². The predicted molar refractivity (Wildman–Crippen MR) is 86.0 cm³/mol. The minimum absolute atomic E-state index is 0.686. The Labute approximate surface area is 128 Å². The van der Waals surface area contributed by atoms with Gasteiger partial charge in [-0.2, -0.15) is 0 Å². The van der Waals surface area contributed by atoms with Crippen molar-refractivity contribution in [1.82, 2.24) is 15.0 Å². The number of nitrogens with zero attached hydrogens (tertiary/aromatic N) is 3. The molecule has 0 unspecified atom stereocenters. The Morgan fingerprint density at radius 2 is 1.76 bits per heavy atom. The summed E-state index contributed by atoms with van der Waals surface area (Å²) < 4.78 is 0. The van der Waals surface area contributed by atoms with Crippen LogP contribution in [0.5, 0.6) is 0 Å². The fourth-order valence-electron chi connectivity index (χ4n) is 1.95. The first-order chi connectivity index (χ1) is 10.3. The number of pyridine rings is 1. The minimum Gasteiger partial charge on any atom is -0.253 e. The van der Waals surface area contributed by atoms with Gasteiger partial charge in [-0.05, 0) is 30.7 Å². The van der Waals surface area contributed by atoms with Crippen molar-refractivity contribution in [3.8, 4) is 11.5 Å². The molecule has 0 saturated carbocycles. The fourth-order valence-corrected chi connectivity index (χ4v) is 2.87. The van der Waals surface area contributed by atoms with Gasteiger partial charge in [-0.3, -0.25) is 4.98 Å². The van der Waals surface area contributed by atoms with E-state index < -0.39 is 0 Å². The van der Waals surface area contributed by atoms with E-state index in [9.17, 15) is 0 Å². The summed E-state index contributed by atoms with van der Waals surface area (Å²) in [6.45, 7) is 1.99. The Morgan fingerprint density at radius 1 is 0.952 bits per heavy atom. The number of thioether (sulfide) groups is 1. The van der Waals surface area contributed by atoms with E-state index in [0.717, 1.165) is 22.2 Å². The SMILES string of the molecule is Cc1cc(SCc2ccccc2)nc(-c2ccccn2)n1. The molecule has 0 fully saturated rings. The first-order valence-corrected chi connectivity index (χ1v) is 7.73. The third kappa shape index (κ3) is 3.67. The molecule has 21 heavy (non-hydrogen) atoms. The highest BCUT2D eigenvalue weighted by molar-refractivity contribution is 7.98. The Morgan fingerprint density at radius 3 is 2.52 bits per heavy atom. The smallest absolute Gasteiger partial charge is 0.179 e. The zero-order chi connectivity index (χ0) is 14.5. The van der Waals surface area contributed by atoms with Gasteiger partial charge in [0.1, 0.15) is 10.7 Å².